The summed E-state index contributed by atoms with van der Waals surface area (Å²) in [5.74, 6) is 0.272. The van der Waals surface area contributed by atoms with E-state index in [4.69, 9.17) is 10.5 Å². The second-order valence-electron chi connectivity index (χ2n) is 3.71. The van der Waals surface area contributed by atoms with Gasteiger partial charge in [-0.1, -0.05) is 0 Å². The molecule has 0 spiro atoms. The van der Waals surface area contributed by atoms with E-state index in [0.29, 0.717) is 6.54 Å². The first kappa shape index (κ1) is 12.1. The number of nitrogens with zero attached hydrogens (tertiary/aromatic N) is 4. The number of hydrogen-bond acceptors (Lipinski definition) is 6. The standard InChI is InChI=1S/C10H15N5OS/c1-6(16-2)4-15-5-12-7-8(15)13-10(11)14-9(7)17-3/h5-6H,4H2,1-3H3,(H2,11,13,14). The van der Waals surface area contributed by atoms with E-state index >= 15 is 0 Å². The van der Waals surface area contributed by atoms with E-state index in [1.54, 1.807) is 13.4 Å². The Kier molecular flexibility index (Phi) is 3.49. The smallest absolute Gasteiger partial charge is 0.223 e. The van der Waals surface area contributed by atoms with Crippen LogP contribution in [0.3, 0.4) is 0 Å². The summed E-state index contributed by atoms with van der Waals surface area (Å²) in [6.45, 7) is 2.68. The molecule has 0 aromatic carbocycles. The van der Waals surface area contributed by atoms with Gasteiger partial charge in [-0.05, 0) is 13.2 Å². The van der Waals surface area contributed by atoms with Gasteiger partial charge in [-0.2, -0.15) is 4.98 Å². The highest BCUT2D eigenvalue weighted by Crippen LogP contribution is 2.22. The molecule has 7 heteroatoms. The number of imidazole rings is 1. The van der Waals surface area contributed by atoms with Crippen LogP contribution in [0.4, 0.5) is 5.95 Å². The van der Waals surface area contributed by atoms with Crippen molar-refractivity contribution in [1.29, 1.82) is 0 Å². The van der Waals surface area contributed by atoms with Gasteiger partial charge in [0.25, 0.3) is 0 Å². The fraction of sp³-hybridized carbons (Fsp3) is 0.500. The molecule has 0 aliphatic carbocycles. The van der Waals surface area contributed by atoms with Crippen LogP contribution in [0.5, 0.6) is 0 Å². The average Bonchev–Trinajstić information content (AvgIpc) is 2.71. The molecule has 2 heterocycles. The van der Waals surface area contributed by atoms with Gasteiger partial charge in [0.1, 0.15) is 10.5 Å². The second kappa shape index (κ2) is 4.89. The molecule has 0 aliphatic heterocycles. The third-order valence-corrected chi connectivity index (χ3v) is 3.17. The summed E-state index contributed by atoms with van der Waals surface area (Å²) in [5, 5.41) is 0.802. The highest BCUT2D eigenvalue weighted by Gasteiger charge is 2.12. The molecular formula is C10H15N5OS. The topological polar surface area (TPSA) is 78.8 Å². The van der Waals surface area contributed by atoms with Crippen LogP contribution in [0.25, 0.3) is 11.2 Å². The van der Waals surface area contributed by atoms with Crippen LogP contribution < -0.4 is 5.73 Å². The van der Waals surface area contributed by atoms with Crippen LogP contribution in [0.2, 0.25) is 0 Å². The molecule has 0 aliphatic rings. The Hall–Kier alpha value is -1.34. The van der Waals surface area contributed by atoms with Gasteiger partial charge in [0.05, 0.1) is 19.0 Å². The number of methoxy groups -OCH3 is 1. The summed E-state index contributed by atoms with van der Waals surface area (Å²) < 4.78 is 7.16. The van der Waals surface area contributed by atoms with E-state index in [1.165, 1.54) is 11.8 Å². The summed E-state index contributed by atoms with van der Waals surface area (Å²) in [6.07, 6.45) is 3.78. The van der Waals surface area contributed by atoms with Crippen molar-refractivity contribution in [2.24, 2.45) is 0 Å². The zero-order chi connectivity index (χ0) is 12.4. The Morgan fingerprint density at radius 2 is 2.29 bits per heavy atom. The largest absolute Gasteiger partial charge is 0.380 e. The van der Waals surface area contributed by atoms with E-state index in [1.807, 2.05) is 17.7 Å². The molecule has 1 atom stereocenters. The first-order valence-corrected chi connectivity index (χ1v) is 6.43. The van der Waals surface area contributed by atoms with Gasteiger partial charge in [0.15, 0.2) is 5.65 Å². The number of aromatic nitrogens is 4. The summed E-state index contributed by atoms with van der Waals surface area (Å²) >= 11 is 1.51. The zero-order valence-electron chi connectivity index (χ0n) is 10.0. The van der Waals surface area contributed by atoms with E-state index in [0.717, 1.165) is 16.2 Å². The van der Waals surface area contributed by atoms with Crippen molar-refractivity contribution in [3.63, 3.8) is 0 Å². The zero-order valence-corrected chi connectivity index (χ0v) is 10.9. The quantitative estimate of drug-likeness (QED) is 0.651. The molecule has 0 radical (unpaired) electrons. The molecule has 0 bridgehead atoms. The lowest BCUT2D eigenvalue weighted by Gasteiger charge is -2.10. The Morgan fingerprint density at radius 3 is 2.94 bits per heavy atom. The maximum Gasteiger partial charge on any atom is 0.223 e. The highest BCUT2D eigenvalue weighted by atomic mass is 32.2. The fourth-order valence-electron chi connectivity index (χ4n) is 1.56. The SMILES string of the molecule is COC(C)Cn1cnc2c(SC)nc(N)nc21. The first-order chi connectivity index (χ1) is 8.15. The lowest BCUT2D eigenvalue weighted by atomic mass is 10.4. The number of nitrogens with two attached hydrogens (primary N) is 1. The van der Waals surface area contributed by atoms with Gasteiger partial charge in [-0.15, -0.1) is 11.8 Å². The molecule has 17 heavy (non-hydrogen) atoms. The van der Waals surface area contributed by atoms with E-state index in [9.17, 15) is 0 Å². The second-order valence-corrected chi connectivity index (χ2v) is 4.50. The fourth-order valence-corrected chi connectivity index (χ4v) is 2.08. The normalized spacial score (nSPS) is 13.1. The summed E-state index contributed by atoms with van der Waals surface area (Å²) in [5.41, 5.74) is 7.23. The minimum atomic E-state index is 0.0984. The number of ether oxygens (including phenoxy) is 1. The molecule has 0 saturated heterocycles. The van der Waals surface area contributed by atoms with Crippen molar-refractivity contribution in [2.75, 3.05) is 19.1 Å². The third kappa shape index (κ3) is 2.34. The molecule has 2 rings (SSSR count). The van der Waals surface area contributed by atoms with Crippen LogP contribution >= 0.6 is 11.8 Å². The number of thioether (sulfide) groups is 1. The van der Waals surface area contributed by atoms with Gasteiger partial charge < -0.3 is 15.0 Å². The Morgan fingerprint density at radius 1 is 1.53 bits per heavy atom. The van der Waals surface area contributed by atoms with Crippen molar-refractivity contribution >= 4 is 28.9 Å². The lowest BCUT2D eigenvalue weighted by Crippen LogP contribution is -2.14. The van der Waals surface area contributed by atoms with E-state index in [-0.39, 0.29) is 12.1 Å². The van der Waals surface area contributed by atoms with Crippen molar-refractivity contribution in [3.05, 3.63) is 6.33 Å². The molecule has 92 valence electrons. The van der Waals surface area contributed by atoms with E-state index < -0.39 is 0 Å². The number of anilines is 1. The van der Waals surface area contributed by atoms with Crippen LogP contribution in [-0.2, 0) is 11.3 Å². The Labute approximate surface area is 104 Å². The predicted molar refractivity (Wildman–Crippen MR) is 68.0 cm³/mol. The molecular weight excluding hydrogens is 238 g/mol. The van der Waals surface area contributed by atoms with Crippen molar-refractivity contribution in [3.8, 4) is 0 Å². The van der Waals surface area contributed by atoms with Crippen molar-refractivity contribution < 1.29 is 4.74 Å². The molecule has 0 amide bonds. The summed E-state index contributed by atoms with van der Waals surface area (Å²) in [6, 6.07) is 0. The molecule has 6 nitrogen and oxygen atoms in total. The molecule has 0 fully saturated rings. The molecule has 2 N–H and O–H groups in total. The summed E-state index contributed by atoms with van der Waals surface area (Å²) in [4.78, 5) is 12.7. The Bertz CT molecular complexity index is 527. The predicted octanol–water partition coefficient (Wildman–Crippen LogP) is 1.17. The molecule has 2 aromatic rings. The van der Waals surface area contributed by atoms with Crippen LogP contribution in [-0.4, -0.2) is 39.0 Å². The molecule has 2 aromatic heterocycles. The molecule has 0 saturated carbocycles. The minimum Gasteiger partial charge on any atom is -0.380 e. The monoisotopic (exact) mass is 253 g/mol. The average molecular weight is 253 g/mol. The first-order valence-electron chi connectivity index (χ1n) is 5.20. The van der Waals surface area contributed by atoms with Gasteiger partial charge in [0.2, 0.25) is 5.95 Å². The lowest BCUT2D eigenvalue weighted by molar-refractivity contribution is 0.104. The van der Waals surface area contributed by atoms with Crippen molar-refractivity contribution in [1.82, 2.24) is 19.5 Å². The van der Waals surface area contributed by atoms with Gasteiger partial charge in [0, 0.05) is 7.11 Å². The number of rotatable bonds is 4. The van der Waals surface area contributed by atoms with Gasteiger partial charge in [-0.25, -0.2) is 9.97 Å². The maximum atomic E-state index is 5.68. The maximum absolute atomic E-state index is 5.68. The molecule has 1 unspecified atom stereocenters. The Balaban J connectivity index is 2.48. The third-order valence-electron chi connectivity index (χ3n) is 2.50. The van der Waals surface area contributed by atoms with Gasteiger partial charge in [-0.3, -0.25) is 0 Å². The minimum absolute atomic E-state index is 0.0984. The van der Waals surface area contributed by atoms with Crippen LogP contribution in [0, 0.1) is 0 Å². The number of fused-ring (bicyclic) bond motifs is 1. The summed E-state index contributed by atoms with van der Waals surface area (Å²) in [7, 11) is 1.68. The van der Waals surface area contributed by atoms with Crippen molar-refractivity contribution in [2.45, 2.75) is 24.6 Å². The van der Waals surface area contributed by atoms with Gasteiger partial charge >= 0.3 is 0 Å². The number of hydrogen-bond donors (Lipinski definition) is 1. The number of nitrogen functional groups attached to an aromatic ring is 1. The van der Waals surface area contributed by atoms with Crippen LogP contribution in [0.1, 0.15) is 6.92 Å². The highest BCUT2D eigenvalue weighted by molar-refractivity contribution is 7.98. The van der Waals surface area contributed by atoms with E-state index in [2.05, 4.69) is 15.0 Å². The van der Waals surface area contributed by atoms with Crippen LogP contribution in [0.15, 0.2) is 11.4 Å².